The summed E-state index contributed by atoms with van der Waals surface area (Å²) in [6.07, 6.45) is 5.47. The summed E-state index contributed by atoms with van der Waals surface area (Å²) in [5.74, 6) is 0.648. The van der Waals surface area contributed by atoms with Gasteiger partial charge in [0.15, 0.2) is 0 Å². The van der Waals surface area contributed by atoms with E-state index in [-0.39, 0.29) is 12.6 Å². The zero-order valence-electron chi connectivity index (χ0n) is 13.3. The number of hydrogen-bond acceptors (Lipinski definition) is 4. The van der Waals surface area contributed by atoms with Crippen molar-refractivity contribution in [1.29, 1.82) is 0 Å². The Morgan fingerprint density at radius 1 is 1.13 bits per heavy atom. The fraction of sp³-hybridized carbons (Fsp3) is 0.368. The van der Waals surface area contributed by atoms with Gasteiger partial charge in [0.1, 0.15) is 12.4 Å². The molecular formula is C19H21NO3. The molecule has 1 aliphatic carbocycles. The Balaban J connectivity index is 1.78. The summed E-state index contributed by atoms with van der Waals surface area (Å²) < 4.78 is 10.8. The van der Waals surface area contributed by atoms with Crippen LogP contribution in [0, 0.1) is 0 Å². The second kappa shape index (κ2) is 6.82. The first-order chi connectivity index (χ1) is 11.2. The van der Waals surface area contributed by atoms with Crippen LogP contribution in [-0.2, 0) is 21.6 Å². The number of ether oxygens (including phenoxy) is 2. The molecule has 1 saturated carbocycles. The number of hydrogen-bond donors (Lipinski definition) is 0. The summed E-state index contributed by atoms with van der Waals surface area (Å²) in [6, 6.07) is 13.4. The van der Waals surface area contributed by atoms with Gasteiger partial charge in [0.25, 0.3) is 0 Å². The average molecular weight is 311 g/mol. The second-order valence-electron chi connectivity index (χ2n) is 5.91. The SMILES string of the molecule is COc1ccc(C2(C(=O)OCc3ccccn3)CCCC2)cc1. The Morgan fingerprint density at radius 3 is 2.48 bits per heavy atom. The normalized spacial score (nSPS) is 16.0. The van der Waals surface area contributed by atoms with E-state index in [2.05, 4.69) is 4.98 Å². The van der Waals surface area contributed by atoms with Gasteiger partial charge in [-0.3, -0.25) is 9.78 Å². The average Bonchev–Trinajstić information content (AvgIpc) is 3.12. The minimum absolute atomic E-state index is 0.147. The quantitative estimate of drug-likeness (QED) is 0.791. The highest BCUT2D eigenvalue weighted by molar-refractivity contribution is 5.83. The zero-order valence-corrected chi connectivity index (χ0v) is 13.3. The molecule has 1 fully saturated rings. The van der Waals surface area contributed by atoms with Crippen LogP contribution < -0.4 is 4.74 Å². The van der Waals surface area contributed by atoms with Crippen LogP contribution in [0.15, 0.2) is 48.7 Å². The Morgan fingerprint density at radius 2 is 1.87 bits per heavy atom. The Bertz CT molecular complexity index is 646. The molecule has 0 spiro atoms. The molecule has 0 N–H and O–H groups in total. The lowest BCUT2D eigenvalue weighted by atomic mass is 9.79. The van der Waals surface area contributed by atoms with Crippen LogP contribution in [0.3, 0.4) is 0 Å². The number of carbonyl (C=O) groups is 1. The molecule has 0 amide bonds. The number of benzene rings is 1. The number of aromatic nitrogens is 1. The van der Waals surface area contributed by atoms with Crippen molar-refractivity contribution in [3.8, 4) is 5.75 Å². The van der Waals surface area contributed by atoms with E-state index >= 15 is 0 Å². The van der Waals surface area contributed by atoms with Gasteiger partial charge >= 0.3 is 5.97 Å². The van der Waals surface area contributed by atoms with Gasteiger partial charge in [0.2, 0.25) is 0 Å². The molecule has 0 aliphatic heterocycles. The first-order valence-electron chi connectivity index (χ1n) is 7.96. The molecule has 1 heterocycles. The minimum atomic E-state index is -0.527. The van der Waals surface area contributed by atoms with E-state index in [0.29, 0.717) is 0 Å². The first kappa shape index (κ1) is 15.5. The predicted octanol–water partition coefficient (Wildman–Crippen LogP) is 3.65. The van der Waals surface area contributed by atoms with Crippen molar-refractivity contribution in [2.75, 3.05) is 7.11 Å². The smallest absolute Gasteiger partial charge is 0.316 e. The summed E-state index contributed by atoms with van der Waals surface area (Å²) in [5.41, 5.74) is 1.26. The lowest BCUT2D eigenvalue weighted by molar-refractivity contribution is -0.152. The van der Waals surface area contributed by atoms with E-state index in [1.54, 1.807) is 13.3 Å². The van der Waals surface area contributed by atoms with E-state index < -0.39 is 5.41 Å². The van der Waals surface area contributed by atoms with Gasteiger partial charge in [0, 0.05) is 6.20 Å². The highest BCUT2D eigenvalue weighted by Gasteiger charge is 2.44. The van der Waals surface area contributed by atoms with Crippen molar-refractivity contribution in [3.63, 3.8) is 0 Å². The van der Waals surface area contributed by atoms with Gasteiger partial charge < -0.3 is 9.47 Å². The number of esters is 1. The van der Waals surface area contributed by atoms with Crippen molar-refractivity contribution in [2.24, 2.45) is 0 Å². The van der Waals surface area contributed by atoms with E-state index in [0.717, 1.165) is 42.7 Å². The van der Waals surface area contributed by atoms with Crippen LogP contribution in [0.2, 0.25) is 0 Å². The lowest BCUT2D eigenvalue weighted by Gasteiger charge is -2.27. The molecule has 0 atom stereocenters. The van der Waals surface area contributed by atoms with Crippen LogP contribution >= 0.6 is 0 Å². The Kier molecular flexibility index (Phi) is 4.60. The summed E-state index contributed by atoms with van der Waals surface area (Å²) in [6.45, 7) is 0.220. The third kappa shape index (κ3) is 3.21. The molecule has 4 nitrogen and oxygen atoms in total. The predicted molar refractivity (Wildman–Crippen MR) is 87.2 cm³/mol. The number of nitrogens with zero attached hydrogens (tertiary/aromatic N) is 1. The van der Waals surface area contributed by atoms with Crippen LogP contribution in [0.5, 0.6) is 5.75 Å². The fourth-order valence-corrected chi connectivity index (χ4v) is 3.26. The molecule has 0 bridgehead atoms. The molecule has 23 heavy (non-hydrogen) atoms. The van der Waals surface area contributed by atoms with Gasteiger partial charge in [-0.25, -0.2) is 0 Å². The van der Waals surface area contributed by atoms with Crippen molar-refractivity contribution in [3.05, 3.63) is 59.9 Å². The summed E-state index contributed by atoms with van der Waals surface area (Å²) in [7, 11) is 1.64. The second-order valence-corrected chi connectivity index (χ2v) is 5.91. The fourth-order valence-electron chi connectivity index (χ4n) is 3.26. The van der Waals surface area contributed by atoms with Gasteiger partial charge in [0.05, 0.1) is 18.2 Å². The highest BCUT2D eigenvalue weighted by atomic mass is 16.5. The topological polar surface area (TPSA) is 48.4 Å². The van der Waals surface area contributed by atoms with Crippen LogP contribution in [0.25, 0.3) is 0 Å². The molecular weight excluding hydrogens is 290 g/mol. The lowest BCUT2D eigenvalue weighted by Crippen LogP contribution is -2.34. The van der Waals surface area contributed by atoms with E-state index in [4.69, 9.17) is 9.47 Å². The van der Waals surface area contributed by atoms with Gasteiger partial charge in [-0.2, -0.15) is 0 Å². The minimum Gasteiger partial charge on any atom is -0.497 e. The molecule has 1 aromatic carbocycles. The van der Waals surface area contributed by atoms with Crippen molar-refractivity contribution >= 4 is 5.97 Å². The monoisotopic (exact) mass is 311 g/mol. The van der Waals surface area contributed by atoms with Crippen LogP contribution in [-0.4, -0.2) is 18.1 Å². The van der Waals surface area contributed by atoms with E-state index in [9.17, 15) is 4.79 Å². The third-order valence-electron chi connectivity index (χ3n) is 4.57. The maximum absolute atomic E-state index is 12.8. The van der Waals surface area contributed by atoms with Crippen LogP contribution in [0.1, 0.15) is 36.9 Å². The van der Waals surface area contributed by atoms with Crippen LogP contribution in [0.4, 0.5) is 0 Å². The molecule has 3 rings (SSSR count). The first-order valence-corrected chi connectivity index (χ1v) is 7.96. The third-order valence-corrected chi connectivity index (χ3v) is 4.57. The highest BCUT2D eigenvalue weighted by Crippen LogP contribution is 2.42. The zero-order chi connectivity index (χ0) is 16.1. The van der Waals surface area contributed by atoms with Gasteiger partial charge in [-0.05, 0) is 42.7 Å². The summed E-state index contributed by atoms with van der Waals surface area (Å²) in [4.78, 5) is 17.0. The number of methoxy groups -OCH3 is 1. The molecule has 2 aromatic rings. The molecule has 1 aromatic heterocycles. The molecule has 0 saturated heterocycles. The maximum Gasteiger partial charge on any atom is 0.316 e. The Labute approximate surface area is 136 Å². The van der Waals surface area contributed by atoms with E-state index in [1.807, 2.05) is 42.5 Å². The summed E-state index contributed by atoms with van der Waals surface area (Å²) >= 11 is 0. The molecule has 0 radical (unpaired) electrons. The molecule has 1 aliphatic rings. The van der Waals surface area contributed by atoms with E-state index in [1.165, 1.54) is 0 Å². The van der Waals surface area contributed by atoms with Crippen molar-refractivity contribution in [1.82, 2.24) is 4.98 Å². The molecule has 120 valence electrons. The molecule has 4 heteroatoms. The van der Waals surface area contributed by atoms with Crippen molar-refractivity contribution in [2.45, 2.75) is 37.7 Å². The number of pyridine rings is 1. The van der Waals surface area contributed by atoms with Gasteiger partial charge in [-0.15, -0.1) is 0 Å². The number of rotatable bonds is 5. The standard InChI is InChI=1S/C19H21NO3/c1-22-17-9-7-15(8-10-17)19(11-3-4-12-19)18(21)23-14-16-6-2-5-13-20-16/h2,5-10,13H,3-4,11-12,14H2,1H3. The maximum atomic E-state index is 12.8. The van der Waals surface area contributed by atoms with Gasteiger partial charge in [-0.1, -0.05) is 31.0 Å². The molecule has 0 unspecified atom stereocenters. The summed E-state index contributed by atoms with van der Waals surface area (Å²) in [5, 5.41) is 0. The largest absolute Gasteiger partial charge is 0.497 e. The number of carbonyl (C=O) groups excluding carboxylic acids is 1. The Hall–Kier alpha value is -2.36. The van der Waals surface area contributed by atoms with Crippen molar-refractivity contribution < 1.29 is 14.3 Å².